The zero-order chi connectivity index (χ0) is 21.4. The number of aryl methyl sites for hydroxylation is 1. The fraction of sp³-hybridized carbons (Fsp3) is 0.308. The van der Waals surface area contributed by atoms with E-state index in [1.165, 1.54) is 19.3 Å². The molecule has 1 N–H and O–H groups in total. The third-order valence-electron chi connectivity index (χ3n) is 6.33. The van der Waals surface area contributed by atoms with Gasteiger partial charge >= 0.3 is 0 Å². The van der Waals surface area contributed by atoms with Crippen molar-refractivity contribution in [1.82, 2.24) is 10.3 Å². The topological polar surface area (TPSA) is 60.5 Å². The summed E-state index contributed by atoms with van der Waals surface area (Å²) in [5, 5.41) is 3.27. The Kier molecular flexibility index (Phi) is 4.89. The van der Waals surface area contributed by atoms with Gasteiger partial charge in [-0.05, 0) is 36.6 Å². The van der Waals surface area contributed by atoms with Gasteiger partial charge in [0.1, 0.15) is 28.5 Å². The van der Waals surface area contributed by atoms with Gasteiger partial charge in [0, 0.05) is 29.0 Å². The van der Waals surface area contributed by atoms with Crippen LogP contribution >= 0.6 is 0 Å². The number of amides is 1. The van der Waals surface area contributed by atoms with E-state index in [2.05, 4.69) is 23.3 Å². The summed E-state index contributed by atoms with van der Waals surface area (Å²) in [6, 6.07) is 15.9. The van der Waals surface area contributed by atoms with Crippen molar-refractivity contribution in [3.05, 3.63) is 82.7 Å². The second-order valence-electron chi connectivity index (χ2n) is 8.17. The molecule has 2 aliphatic rings. The number of unbranched alkanes of at least 4 members (excludes halogenated alkanes) is 3. The van der Waals surface area contributed by atoms with Crippen molar-refractivity contribution in [2.45, 2.75) is 44.6 Å². The van der Waals surface area contributed by atoms with E-state index in [0.29, 0.717) is 11.4 Å². The third kappa shape index (κ3) is 2.99. The van der Waals surface area contributed by atoms with E-state index in [4.69, 9.17) is 9.47 Å². The molecule has 0 radical (unpaired) electrons. The van der Waals surface area contributed by atoms with Crippen LogP contribution in [0.4, 0.5) is 0 Å². The van der Waals surface area contributed by atoms with Crippen molar-refractivity contribution < 1.29 is 14.3 Å². The van der Waals surface area contributed by atoms with E-state index in [1.54, 1.807) is 13.3 Å². The number of hydrogen-bond donors (Lipinski definition) is 1. The monoisotopic (exact) mass is 414 g/mol. The van der Waals surface area contributed by atoms with Gasteiger partial charge < -0.3 is 14.8 Å². The average Bonchev–Trinajstić information content (AvgIpc) is 3.10. The number of benzene rings is 2. The van der Waals surface area contributed by atoms with E-state index in [0.717, 1.165) is 46.6 Å². The summed E-state index contributed by atoms with van der Waals surface area (Å²) in [5.41, 5.74) is 3.48. The van der Waals surface area contributed by atoms with E-state index in [9.17, 15) is 4.79 Å². The maximum absolute atomic E-state index is 13.0. The van der Waals surface area contributed by atoms with Gasteiger partial charge in [-0.25, -0.2) is 0 Å². The molecule has 2 aliphatic heterocycles. The summed E-state index contributed by atoms with van der Waals surface area (Å²) in [5.74, 6) is 2.08. The first-order chi connectivity index (χ1) is 15.2. The standard InChI is InChI=1S/C26H26N2O3/c1-3-4-5-6-10-17-15-20-23(16-22(17)30-2)31-21-13-8-7-11-18(21)26(20)19-12-9-14-27-24(19)25(29)28-26/h7-9,11-16H,3-6,10H2,1-2H3,(H,28,29). The van der Waals surface area contributed by atoms with E-state index in [1.807, 2.05) is 42.5 Å². The highest BCUT2D eigenvalue weighted by Crippen LogP contribution is 2.54. The molecular formula is C26H26N2O3. The zero-order valence-corrected chi connectivity index (χ0v) is 17.9. The number of pyridine rings is 1. The first-order valence-electron chi connectivity index (χ1n) is 11.0. The van der Waals surface area contributed by atoms with Crippen molar-refractivity contribution in [1.29, 1.82) is 0 Å². The Bertz CT molecular complexity index is 1160. The quantitative estimate of drug-likeness (QED) is 0.552. The molecule has 31 heavy (non-hydrogen) atoms. The number of carbonyl (C=O) groups is 1. The molecule has 5 rings (SSSR count). The zero-order valence-electron chi connectivity index (χ0n) is 17.9. The molecule has 1 spiro atoms. The molecule has 5 nitrogen and oxygen atoms in total. The van der Waals surface area contributed by atoms with Gasteiger partial charge in [-0.15, -0.1) is 0 Å². The molecule has 1 aromatic heterocycles. The predicted molar refractivity (Wildman–Crippen MR) is 119 cm³/mol. The Balaban J connectivity index is 1.71. The van der Waals surface area contributed by atoms with Gasteiger partial charge in [-0.1, -0.05) is 50.5 Å². The second kappa shape index (κ2) is 7.73. The number of methoxy groups -OCH3 is 1. The highest BCUT2D eigenvalue weighted by molar-refractivity contribution is 6.00. The first kappa shape index (κ1) is 19.6. The second-order valence-corrected chi connectivity index (χ2v) is 8.17. The van der Waals surface area contributed by atoms with Crippen LogP contribution in [-0.4, -0.2) is 18.0 Å². The molecule has 0 saturated heterocycles. The lowest BCUT2D eigenvalue weighted by molar-refractivity contribution is 0.0943. The van der Waals surface area contributed by atoms with Gasteiger partial charge in [0.2, 0.25) is 0 Å². The molecule has 1 unspecified atom stereocenters. The van der Waals surface area contributed by atoms with Gasteiger partial charge in [0.25, 0.3) is 5.91 Å². The molecule has 5 heteroatoms. The summed E-state index contributed by atoms with van der Waals surface area (Å²) in [6.07, 6.45) is 7.29. The van der Waals surface area contributed by atoms with Crippen molar-refractivity contribution in [3.63, 3.8) is 0 Å². The first-order valence-corrected chi connectivity index (χ1v) is 11.0. The smallest absolute Gasteiger partial charge is 0.271 e. The number of ether oxygens (including phenoxy) is 2. The van der Waals surface area contributed by atoms with Crippen LogP contribution in [0.5, 0.6) is 17.2 Å². The molecule has 3 aromatic rings. The van der Waals surface area contributed by atoms with E-state index in [-0.39, 0.29) is 5.91 Å². The Morgan fingerprint density at radius 1 is 1.00 bits per heavy atom. The fourth-order valence-corrected chi connectivity index (χ4v) is 4.85. The Hall–Kier alpha value is -3.34. The van der Waals surface area contributed by atoms with Crippen LogP contribution in [0, 0.1) is 0 Å². The van der Waals surface area contributed by atoms with Crippen molar-refractivity contribution in [3.8, 4) is 17.2 Å². The molecule has 0 fully saturated rings. The lowest BCUT2D eigenvalue weighted by atomic mass is 9.75. The molecule has 0 aliphatic carbocycles. The van der Waals surface area contributed by atoms with E-state index < -0.39 is 5.54 Å². The Morgan fingerprint density at radius 2 is 1.84 bits per heavy atom. The normalized spacial score (nSPS) is 18.1. The fourth-order valence-electron chi connectivity index (χ4n) is 4.85. The average molecular weight is 415 g/mol. The van der Waals surface area contributed by atoms with Gasteiger partial charge in [0.15, 0.2) is 0 Å². The number of fused-ring (bicyclic) bond motifs is 6. The van der Waals surface area contributed by atoms with Crippen LogP contribution in [0.1, 0.15) is 65.3 Å². The summed E-state index contributed by atoms with van der Waals surface area (Å²) in [7, 11) is 1.69. The largest absolute Gasteiger partial charge is 0.496 e. The minimum absolute atomic E-state index is 0.168. The summed E-state index contributed by atoms with van der Waals surface area (Å²) < 4.78 is 12.0. The number of nitrogens with one attached hydrogen (secondary N) is 1. The number of carbonyl (C=O) groups excluding carboxylic acids is 1. The number of nitrogens with zero attached hydrogens (tertiary/aromatic N) is 1. The van der Waals surface area contributed by atoms with Crippen LogP contribution in [0.3, 0.4) is 0 Å². The minimum atomic E-state index is -0.824. The molecule has 0 bridgehead atoms. The van der Waals surface area contributed by atoms with Crippen LogP contribution in [-0.2, 0) is 12.0 Å². The maximum atomic E-state index is 13.0. The summed E-state index contributed by atoms with van der Waals surface area (Å²) in [4.78, 5) is 17.4. The molecule has 1 atom stereocenters. The lowest BCUT2D eigenvalue weighted by Gasteiger charge is -2.38. The molecule has 3 heterocycles. The minimum Gasteiger partial charge on any atom is -0.496 e. The number of aromatic nitrogens is 1. The Labute approximate surface area is 182 Å². The highest BCUT2D eigenvalue weighted by atomic mass is 16.5. The van der Waals surface area contributed by atoms with Gasteiger partial charge in [-0.3, -0.25) is 9.78 Å². The van der Waals surface area contributed by atoms with Gasteiger partial charge in [-0.2, -0.15) is 0 Å². The number of rotatable bonds is 6. The van der Waals surface area contributed by atoms with Crippen LogP contribution < -0.4 is 14.8 Å². The highest BCUT2D eigenvalue weighted by Gasteiger charge is 2.51. The molecule has 1 amide bonds. The molecule has 0 saturated carbocycles. The third-order valence-corrected chi connectivity index (χ3v) is 6.33. The van der Waals surface area contributed by atoms with Crippen LogP contribution in [0.15, 0.2) is 54.7 Å². The van der Waals surface area contributed by atoms with Crippen LogP contribution in [0.25, 0.3) is 0 Å². The van der Waals surface area contributed by atoms with E-state index >= 15 is 0 Å². The van der Waals surface area contributed by atoms with Crippen molar-refractivity contribution in [2.24, 2.45) is 0 Å². The Morgan fingerprint density at radius 3 is 2.68 bits per heavy atom. The predicted octanol–water partition coefficient (Wildman–Crippen LogP) is 5.35. The maximum Gasteiger partial charge on any atom is 0.271 e. The summed E-state index contributed by atoms with van der Waals surface area (Å²) >= 11 is 0. The van der Waals surface area contributed by atoms with Crippen molar-refractivity contribution >= 4 is 5.91 Å². The lowest BCUT2D eigenvalue weighted by Crippen LogP contribution is -2.43. The van der Waals surface area contributed by atoms with Crippen LogP contribution in [0.2, 0.25) is 0 Å². The number of para-hydroxylation sites is 1. The summed E-state index contributed by atoms with van der Waals surface area (Å²) in [6.45, 7) is 2.21. The van der Waals surface area contributed by atoms with Gasteiger partial charge in [0.05, 0.1) is 7.11 Å². The molecular weight excluding hydrogens is 388 g/mol. The molecule has 2 aromatic carbocycles. The van der Waals surface area contributed by atoms with Crippen molar-refractivity contribution in [2.75, 3.05) is 7.11 Å². The molecule has 158 valence electrons. The SMILES string of the molecule is CCCCCCc1cc2c(cc1OC)Oc1ccccc1C21NC(=O)c2ncccc21. The number of hydrogen-bond acceptors (Lipinski definition) is 4.